The predicted octanol–water partition coefficient (Wildman–Crippen LogP) is 15.6. The van der Waals surface area contributed by atoms with Crippen molar-refractivity contribution in [1.29, 1.82) is 0 Å². The molecule has 0 atom stereocenters. The number of nitrogens with zero attached hydrogens (tertiary/aromatic N) is 19. The van der Waals surface area contributed by atoms with Gasteiger partial charge in [-0.2, -0.15) is 19.9 Å². The maximum atomic E-state index is 13.1. The molecule has 33 heteroatoms. The molecule has 4 saturated carbocycles. The maximum Gasteiger partial charge on any atom is 0.251 e. The average molecular weight is 1700 g/mol. The molecule has 0 radical (unpaired) electrons. The number of imidazole rings is 2. The van der Waals surface area contributed by atoms with E-state index >= 15 is 0 Å². The van der Waals surface area contributed by atoms with Gasteiger partial charge in [-0.15, -0.1) is 11.3 Å². The molecule has 0 spiro atoms. The van der Waals surface area contributed by atoms with E-state index in [0.29, 0.717) is 95.1 Å². The van der Waals surface area contributed by atoms with E-state index < -0.39 is 10.8 Å². The lowest BCUT2D eigenvalue weighted by Crippen LogP contribution is -2.45. The highest BCUT2D eigenvalue weighted by molar-refractivity contribution is 7.16. The van der Waals surface area contributed by atoms with E-state index in [1.54, 1.807) is 98.5 Å². The Morgan fingerprint density at radius 1 is 0.516 bits per heavy atom. The second kappa shape index (κ2) is 36.7. The van der Waals surface area contributed by atoms with Gasteiger partial charge in [0.05, 0.1) is 101 Å². The zero-order valence-electron chi connectivity index (χ0n) is 72.7. The lowest BCUT2D eigenvalue weighted by atomic mass is 9.91. The van der Waals surface area contributed by atoms with Gasteiger partial charge in [-0.25, -0.2) is 34.9 Å². The number of hydrogen-bond donors (Lipinski definition) is 7. The number of aromatic nitrogens is 13. The van der Waals surface area contributed by atoms with Crippen molar-refractivity contribution >= 4 is 143 Å². The predicted molar refractivity (Wildman–Crippen MR) is 490 cm³/mol. The SMILES string of the molecule is C=C1CCN(C2CCCC2)c2nc(Nc3ccc(C(=O)NC)cc3OC)ncc2N1CC.CN1C(=O)C(C)(C)CN(C2CCCC2)c2nc(Nc3ccc4nc[nH]c4c3)ncc21.CN1C(=O)C(C)(C)CN(C2CCCC2)c2nc(Nc3ccc4ncsc4c3)ncc21.CNC(=O)c1ccc(Nc2ncc3c(n2)N(C2CCCC2)CCc2cncn2-3)c(OC)c1. The number of benzene rings is 4. The number of methoxy groups -OCH3 is 2. The summed E-state index contributed by atoms with van der Waals surface area (Å²) in [5.41, 5.74) is 13.8. The number of nitrogens with one attached hydrogen (secondary N) is 7. The largest absolute Gasteiger partial charge is 0.495 e. The normalized spacial score (nSPS) is 17.6. The molecule has 7 aromatic heterocycles. The monoisotopic (exact) mass is 1700 g/mol. The van der Waals surface area contributed by atoms with Gasteiger partial charge in [-0.1, -0.05) is 57.9 Å². The second-order valence-electron chi connectivity index (χ2n) is 34.2. The standard InChI is InChI=1S/C24H32N6O2.C23H27N7O2.C22H27N7O.C22H26N6OS/c1-5-29-16(2)12-13-30(18-8-6-7-9-18)22-20(29)15-26-24(28-22)27-19-11-10-17(23(31)25-3)14-21(19)32-4;1-24-22(31)15-7-8-18(20(11-15)32-2)27-23-26-13-19-21(28-23)29(16-5-3-4-6-16)10-9-17-12-25-14-30(17)19;1-22(2)12-29(15-6-4-5-7-15)19-18(28(3)20(22)30)11-23-21(27-19)26-14-8-9-16-17(10-14)25-13-24-16;1-22(2)12-28(15-6-4-5-7-15)19-17(27(3)20(22)29)11-23-21(26-19)25-14-8-9-16-18(10-14)30-13-24-16/h10-11,14-15,18H,2,5-9,12-13H2,1,3-4H3,(H,25,31)(H,26,27,28);7-8,11-14,16H,3-6,9-10H2,1-2H3,(H,24,31)(H,26,27,28);8-11,13,15H,4-7,12H2,1-3H3,(H,24,25)(H,23,26,27);8-11,13,15H,4-7,12H2,1-3H3,(H,23,25,26). The van der Waals surface area contributed by atoms with E-state index in [-0.39, 0.29) is 23.6 Å². The fourth-order valence-electron chi connectivity index (χ4n) is 18.6. The van der Waals surface area contributed by atoms with Crippen molar-refractivity contribution in [1.82, 2.24) is 75.0 Å². The first-order valence-electron chi connectivity index (χ1n) is 43.3. The molecule has 32 nitrogen and oxygen atoms in total. The quantitative estimate of drug-likeness (QED) is 0.0445. The smallest absolute Gasteiger partial charge is 0.251 e. The van der Waals surface area contributed by atoms with Gasteiger partial charge in [-0.3, -0.25) is 23.7 Å². The second-order valence-corrected chi connectivity index (χ2v) is 35.1. The van der Waals surface area contributed by atoms with Crippen LogP contribution in [0.25, 0.3) is 26.9 Å². The van der Waals surface area contributed by atoms with E-state index in [1.165, 1.54) is 82.7 Å². The number of ether oxygens (including phenoxy) is 2. The number of fused-ring (bicyclic) bond motifs is 8. The minimum absolute atomic E-state index is 0.0956. The van der Waals surface area contributed by atoms with Gasteiger partial charge in [0, 0.05) is 138 Å². The van der Waals surface area contributed by atoms with Crippen molar-refractivity contribution < 1.29 is 28.7 Å². The number of hydrogen-bond acceptors (Lipinski definition) is 27. The summed E-state index contributed by atoms with van der Waals surface area (Å²) in [6, 6.07) is 24.3. The third-order valence-corrected chi connectivity index (χ3v) is 25.9. The van der Waals surface area contributed by atoms with Crippen LogP contribution in [-0.2, 0) is 16.0 Å². The third-order valence-electron chi connectivity index (χ3n) is 25.1. The highest BCUT2D eigenvalue weighted by Crippen LogP contribution is 2.46. The number of aromatic amines is 1. The van der Waals surface area contributed by atoms with Gasteiger partial charge >= 0.3 is 0 Å². The average Bonchev–Trinajstić information content (AvgIpc) is 1.67. The number of thiazole rings is 1. The fourth-order valence-corrected chi connectivity index (χ4v) is 19.3. The summed E-state index contributed by atoms with van der Waals surface area (Å²) >= 11 is 1.61. The van der Waals surface area contributed by atoms with Crippen LogP contribution in [-0.4, -0.2) is 187 Å². The Morgan fingerprint density at radius 3 is 1.44 bits per heavy atom. The summed E-state index contributed by atoms with van der Waals surface area (Å²) in [5, 5.41) is 18.5. The van der Waals surface area contributed by atoms with Crippen LogP contribution < -0.4 is 75.7 Å². The number of carbonyl (C=O) groups excluding carboxylic acids is 4. The molecule has 4 aromatic carbocycles. The summed E-state index contributed by atoms with van der Waals surface area (Å²) in [7, 11) is 10.0. The number of rotatable bonds is 17. The van der Waals surface area contributed by atoms with E-state index in [4.69, 9.17) is 29.4 Å². The van der Waals surface area contributed by atoms with E-state index in [9.17, 15) is 19.2 Å². The Labute approximate surface area is 726 Å². The number of carbonyl (C=O) groups is 4. The Bertz CT molecular complexity index is 5550. The molecule has 4 fully saturated rings. The first kappa shape index (κ1) is 84.8. The van der Waals surface area contributed by atoms with Crippen LogP contribution in [0.1, 0.15) is 170 Å². The van der Waals surface area contributed by atoms with Crippen molar-refractivity contribution in [2.24, 2.45) is 10.8 Å². The maximum absolute atomic E-state index is 13.1. The van der Waals surface area contributed by atoms with Gasteiger partial charge in [0.25, 0.3) is 11.8 Å². The first-order valence-corrected chi connectivity index (χ1v) is 44.2. The lowest BCUT2D eigenvalue weighted by Gasteiger charge is -2.34. The molecule has 0 bridgehead atoms. The van der Waals surface area contributed by atoms with Crippen molar-refractivity contribution in [3.63, 3.8) is 0 Å². The molecular formula is C91H112N26O6S. The Morgan fingerprint density at radius 2 is 0.952 bits per heavy atom. The summed E-state index contributed by atoms with van der Waals surface area (Å²) in [6.07, 6.45) is 33.8. The van der Waals surface area contributed by atoms with Crippen LogP contribution >= 0.6 is 11.3 Å². The summed E-state index contributed by atoms with van der Waals surface area (Å²) < 4.78 is 14.2. The van der Waals surface area contributed by atoms with Crippen LogP contribution in [0.2, 0.25) is 0 Å². The minimum Gasteiger partial charge on any atom is -0.495 e. The lowest BCUT2D eigenvalue weighted by molar-refractivity contribution is -0.126. The van der Waals surface area contributed by atoms with Crippen molar-refractivity contribution in [3.05, 3.63) is 151 Å². The molecule has 648 valence electrons. The topological polar surface area (TPSA) is 344 Å². The van der Waals surface area contributed by atoms with Gasteiger partial charge in [0.15, 0.2) is 23.3 Å². The number of amides is 4. The molecular weight excluding hydrogens is 1590 g/mol. The molecule has 4 aliphatic carbocycles. The zero-order chi connectivity index (χ0) is 86.5. The molecule has 0 unspecified atom stereocenters. The van der Waals surface area contributed by atoms with Crippen molar-refractivity contribution in [2.45, 2.75) is 174 Å². The van der Waals surface area contributed by atoms with Gasteiger partial charge in [-0.05, 0) is 159 Å². The van der Waals surface area contributed by atoms with Gasteiger partial charge in [0.2, 0.25) is 35.6 Å². The van der Waals surface area contributed by atoms with E-state index in [0.717, 1.165) is 143 Å². The van der Waals surface area contributed by atoms with Gasteiger partial charge in [0.1, 0.15) is 34.2 Å². The van der Waals surface area contributed by atoms with Crippen LogP contribution in [0.3, 0.4) is 0 Å². The number of H-pyrrole nitrogens is 1. The summed E-state index contributed by atoms with van der Waals surface area (Å²) in [5.74, 6) is 6.59. The van der Waals surface area contributed by atoms with Crippen LogP contribution in [0.15, 0.2) is 134 Å². The van der Waals surface area contributed by atoms with Crippen LogP contribution in [0.5, 0.6) is 11.5 Å². The highest BCUT2D eigenvalue weighted by Gasteiger charge is 2.44. The molecule has 7 N–H and O–H groups in total. The molecule has 19 rings (SSSR count). The van der Waals surface area contributed by atoms with Crippen molar-refractivity contribution in [2.75, 3.05) is 131 Å². The van der Waals surface area contributed by atoms with E-state index in [2.05, 4.69) is 120 Å². The molecule has 4 amide bonds. The molecule has 124 heavy (non-hydrogen) atoms. The minimum atomic E-state index is -0.489. The Kier molecular flexibility index (Phi) is 25.1. The molecule has 0 saturated heterocycles. The highest BCUT2D eigenvalue weighted by atomic mass is 32.1. The fraction of sp³-hybridized carbons (Fsp3) is 0.440. The number of anilines is 15. The summed E-state index contributed by atoms with van der Waals surface area (Å²) in [6.45, 7) is 18.5. The van der Waals surface area contributed by atoms with Crippen LogP contribution in [0.4, 0.5) is 86.9 Å². The first-order chi connectivity index (χ1) is 60.1. The zero-order valence-corrected chi connectivity index (χ0v) is 73.5. The van der Waals surface area contributed by atoms with Crippen molar-refractivity contribution in [3.8, 4) is 17.2 Å². The summed E-state index contributed by atoms with van der Waals surface area (Å²) in [4.78, 5) is 119. The van der Waals surface area contributed by atoms with Crippen LogP contribution in [0, 0.1) is 10.8 Å². The molecule has 11 heterocycles. The third kappa shape index (κ3) is 17.9. The van der Waals surface area contributed by atoms with Gasteiger partial charge < -0.3 is 80.7 Å². The molecule has 8 aliphatic rings. The Hall–Kier alpha value is -12.8. The Balaban J connectivity index is 0.000000122. The molecule has 4 aliphatic heterocycles. The molecule has 11 aromatic rings. The van der Waals surface area contributed by atoms with E-state index in [1.807, 2.05) is 109 Å².